The number of hydrogen-bond acceptors (Lipinski definition) is 4. The lowest BCUT2D eigenvalue weighted by molar-refractivity contribution is 1.20. The molecule has 2 aromatic rings. The van der Waals surface area contributed by atoms with Crippen molar-refractivity contribution in [3.8, 4) is 0 Å². The fourth-order valence-electron chi connectivity index (χ4n) is 2.08. The Balaban J connectivity index is 1.92. The molecule has 0 aliphatic carbocycles. The molecule has 0 saturated carbocycles. The molecule has 3 nitrogen and oxygen atoms in total. The summed E-state index contributed by atoms with van der Waals surface area (Å²) in [5.41, 5.74) is 7.84. The summed E-state index contributed by atoms with van der Waals surface area (Å²) in [6.07, 6.45) is 1.78. The first-order chi connectivity index (χ1) is 9.17. The summed E-state index contributed by atoms with van der Waals surface area (Å²) in [4.78, 5) is 4.10. The molecule has 1 aromatic heterocycles. The highest BCUT2D eigenvalue weighted by Gasteiger charge is 1.99. The fraction of sp³-hybridized carbons (Fsp3) is 0.267. The Bertz CT molecular complexity index is 535. The Morgan fingerprint density at radius 3 is 2.42 bits per heavy atom. The number of benzene rings is 1. The molecule has 0 amide bonds. The van der Waals surface area contributed by atoms with Crippen LogP contribution in [0.15, 0.2) is 36.5 Å². The lowest BCUT2D eigenvalue weighted by atomic mass is 10.1. The lowest BCUT2D eigenvalue weighted by Crippen LogP contribution is -2.08. The van der Waals surface area contributed by atoms with E-state index < -0.39 is 0 Å². The molecule has 0 saturated heterocycles. The van der Waals surface area contributed by atoms with Crippen molar-refractivity contribution in [1.82, 2.24) is 4.98 Å². The average Bonchev–Trinajstić information content (AvgIpc) is 2.38. The van der Waals surface area contributed by atoms with Crippen molar-refractivity contribution in [1.29, 1.82) is 0 Å². The zero-order chi connectivity index (χ0) is 13.7. The SMILES string of the molecule is Cc1cc(C)cc(CSCc2ccnc(NN)c2)c1. The van der Waals surface area contributed by atoms with Crippen molar-refractivity contribution in [2.75, 3.05) is 5.43 Å². The van der Waals surface area contributed by atoms with Gasteiger partial charge in [-0.05, 0) is 37.1 Å². The van der Waals surface area contributed by atoms with Gasteiger partial charge < -0.3 is 5.43 Å². The van der Waals surface area contributed by atoms with Crippen LogP contribution in [0.1, 0.15) is 22.3 Å². The highest BCUT2D eigenvalue weighted by atomic mass is 32.2. The molecule has 0 bridgehead atoms. The summed E-state index contributed by atoms with van der Waals surface area (Å²) in [5, 5.41) is 0. The van der Waals surface area contributed by atoms with Crippen LogP contribution in [-0.4, -0.2) is 4.98 Å². The number of hydrogen-bond donors (Lipinski definition) is 2. The van der Waals surface area contributed by atoms with Gasteiger partial charge in [-0.3, -0.25) is 0 Å². The van der Waals surface area contributed by atoms with Gasteiger partial charge in [-0.15, -0.1) is 0 Å². The summed E-state index contributed by atoms with van der Waals surface area (Å²) < 4.78 is 0. The summed E-state index contributed by atoms with van der Waals surface area (Å²) in [6.45, 7) is 4.28. The standard InChI is InChI=1S/C15H19N3S/c1-11-5-12(2)7-14(6-11)10-19-9-13-3-4-17-15(8-13)18-16/h3-8H,9-10,16H2,1-2H3,(H,17,18). The smallest absolute Gasteiger partial charge is 0.140 e. The second-order valence-electron chi connectivity index (χ2n) is 4.68. The summed E-state index contributed by atoms with van der Waals surface area (Å²) in [7, 11) is 0. The van der Waals surface area contributed by atoms with E-state index in [0.29, 0.717) is 5.82 Å². The lowest BCUT2D eigenvalue weighted by Gasteiger charge is -2.06. The Morgan fingerprint density at radius 1 is 1.05 bits per heavy atom. The van der Waals surface area contributed by atoms with Crippen LogP contribution in [0.25, 0.3) is 0 Å². The zero-order valence-corrected chi connectivity index (χ0v) is 12.1. The van der Waals surface area contributed by atoms with Crippen LogP contribution >= 0.6 is 11.8 Å². The quantitative estimate of drug-likeness (QED) is 0.647. The van der Waals surface area contributed by atoms with Crippen molar-refractivity contribution >= 4 is 17.6 Å². The molecular weight excluding hydrogens is 254 g/mol. The van der Waals surface area contributed by atoms with E-state index in [1.807, 2.05) is 23.9 Å². The summed E-state index contributed by atoms with van der Waals surface area (Å²) in [6, 6.07) is 10.7. The van der Waals surface area contributed by atoms with Gasteiger partial charge in [0, 0.05) is 17.7 Å². The number of nitrogens with zero attached hydrogens (tertiary/aromatic N) is 1. The minimum atomic E-state index is 0.713. The molecule has 100 valence electrons. The third-order valence-corrected chi connectivity index (χ3v) is 3.87. The molecule has 2 rings (SSSR count). The minimum Gasteiger partial charge on any atom is -0.308 e. The third-order valence-electron chi connectivity index (χ3n) is 2.79. The molecule has 1 aromatic carbocycles. The highest BCUT2D eigenvalue weighted by Crippen LogP contribution is 2.20. The fourth-order valence-corrected chi connectivity index (χ4v) is 3.00. The van der Waals surface area contributed by atoms with Gasteiger partial charge in [-0.25, -0.2) is 10.8 Å². The molecule has 0 radical (unpaired) electrons. The van der Waals surface area contributed by atoms with Gasteiger partial charge in [0.1, 0.15) is 5.82 Å². The van der Waals surface area contributed by atoms with E-state index in [1.54, 1.807) is 6.20 Å². The van der Waals surface area contributed by atoms with Crippen molar-refractivity contribution in [2.45, 2.75) is 25.4 Å². The van der Waals surface area contributed by atoms with E-state index in [1.165, 1.54) is 22.3 Å². The van der Waals surface area contributed by atoms with Gasteiger partial charge in [0.15, 0.2) is 0 Å². The van der Waals surface area contributed by atoms with Crippen molar-refractivity contribution in [3.63, 3.8) is 0 Å². The van der Waals surface area contributed by atoms with Crippen LogP contribution < -0.4 is 11.3 Å². The predicted molar refractivity (Wildman–Crippen MR) is 83.0 cm³/mol. The van der Waals surface area contributed by atoms with Crippen molar-refractivity contribution < 1.29 is 0 Å². The maximum Gasteiger partial charge on any atom is 0.140 e. The van der Waals surface area contributed by atoms with Crippen LogP contribution in [0.2, 0.25) is 0 Å². The molecule has 19 heavy (non-hydrogen) atoms. The highest BCUT2D eigenvalue weighted by molar-refractivity contribution is 7.97. The Morgan fingerprint density at radius 2 is 1.74 bits per heavy atom. The summed E-state index contributed by atoms with van der Waals surface area (Å²) >= 11 is 1.90. The molecule has 0 aliphatic rings. The largest absolute Gasteiger partial charge is 0.308 e. The number of anilines is 1. The number of pyridine rings is 1. The van der Waals surface area contributed by atoms with Crippen molar-refractivity contribution in [3.05, 3.63) is 58.8 Å². The number of thioether (sulfide) groups is 1. The molecule has 0 fully saturated rings. The van der Waals surface area contributed by atoms with Crippen LogP contribution in [0.4, 0.5) is 5.82 Å². The van der Waals surface area contributed by atoms with Crippen molar-refractivity contribution in [2.24, 2.45) is 5.84 Å². The molecule has 4 heteroatoms. The van der Waals surface area contributed by atoms with E-state index in [0.717, 1.165) is 11.5 Å². The number of hydrazine groups is 1. The number of nitrogens with two attached hydrogens (primary N) is 1. The van der Waals surface area contributed by atoms with E-state index in [4.69, 9.17) is 5.84 Å². The van der Waals surface area contributed by atoms with Gasteiger partial charge in [0.25, 0.3) is 0 Å². The predicted octanol–water partition coefficient (Wildman–Crippen LogP) is 3.42. The molecule has 3 N–H and O–H groups in total. The van der Waals surface area contributed by atoms with Crippen LogP contribution in [0, 0.1) is 13.8 Å². The maximum atomic E-state index is 5.35. The first-order valence-electron chi connectivity index (χ1n) is 6.24. The van der Waals surface area contributed by atoms with Crippen LogP contribution in [0.3, 0.4) is 0 Å². The molecule has 0 aliphatic heterocycles. The zero-order valence-electron chi connectivity index (χ0n) is 11.3. The van der Waals surface area contributed by atoms with Crippen LogP contribution in [-0.2, 0) is 11.5 Å². The third kappa shape index (κ3) is 4.26. The average molecular weight is 273 g/mol. The van der Waals surface area contributed by atoms with Gasteiger partial charge in [-0.2, -0.15) is 11.8 Å². The van der Waals surface area contributed by atoms with E-state index >= 15 is 0 Å². The number of aryl methyl sites for hydroxylation is 2. The Hall–Kier alpha value is -1.52. The molecular formula is C15H19N3S. The number of nitrogens with one attached hydrogen (secondary N) is 1. The van der Waals surface area contributed by atoms with Gasteiger partial charge in [-0.1, -0.05) is 29.3 Å². The second-order valence-corrected chi connectivity index (χ2v) is 5.67. The van der Waals surface area contributed by atoms with Crippen LogP contribution in [0.5, 0.6) is 0 Å². The number of rotatable bonds is 5. The summed E-state index contributed by atoms with van der Waals surface area (Å²) in [5.74, 6) is 8.05. The normalized spacial score (nSPS) is 10.5. The molecule has 0 atom stereocenters. The molecule has 0 spiro atoms. The van der Waals surface area contributed by atoms with Gasteiger partial charge >= 0.3 is 0 Å². The molecule has 0 unspecified atom stereocenters. The van der Waals surface area contributed by atoms with E-state index in [9.17, 15) is 0 Å². The van der Waals surface area contributed by atoms with E-state index in [2.05, 4.69) is 42.5 Å². The second kappa shape index (κ2) is 6.59. The molecule has 1 heterocycles. The topological polar surface area (TPSA) is 50.9 Å². The Labute approximate surface area is 118 Å². The van der Waals surface area contributed by atoms with Gasteiger partial charge in [0.2, 0.25) is 0 Å². The number of nitrogen functional groups attached to an aromatic ring is 1. The minimum absolute atomic E-state index is 0.713. The van der Waals surface area contributed by atoms with Gasteiger partial charge in [0.05, 0.1) is 0 Å². The first kappa shape index (κ1) is 13.9. The van der Waals surface area contributed by atoms with E-state index in [-0.39, 0.29) is 0 Å². The number of aromatic nitrogens is 1. The first-order valence-corrected chi connectivity index (χ1v) is 7.39. The Kier molecular flexibility index (Phi) is 4.82. The monoisotopic (exact) mass is 273 g/mol. The maximum absolute atomic E-state index is 5.35.